The normalized spacial score (nSPS) is 20.2. The summed E-state index contributed by atoms with van der Waals surface area (Å²) in [6.07, 6.45) is 2.20. The maximum absolute atomic E-state index is 13.7. The van der Waals surface area contributed by atoms with Crippen molar-refractivity contribution in [2.45, 2.75) is 31.5 Å². The molecular weight excluding hydrogens is 423 g/mol. The number of anilines is 1. The number of halogens is 1. The Hall–Kier alpha value is -3.04. The quantitative estimate of drug-likeness (QED) is 0.546. The first-order valence-electron chi connectivity index (χ1n) is 11.5. The van der Waals surface area contributed by atoms with Crippen LogP contribution in [0, 0.1) is 5.82 Å². The first kappa shape index (κ1) is 21.8. The molecule has 2 atom stereocenters. The van der Waals surface area contributed by atoms with E-state index in [2.05, 4.69) is 31.4 Å². The van der Waals surface area contributed by atoms with Crippen LogP contribution in [0.5, 0.6) is 5.75 Å². The lowest BCUT2D eigenvalue weighted by atomic mass is 10.0. The van der Waals surface area contributed by atoms with Gasteiger partial charge in [-0.3, -0.25) is 4.90 Å². The molecule has 0 N–H and O–H groups in total. The number of para-hydroxylation sites is 2. The monoisotopic (exact) mass is 452 g/mol. The van der Waals surface area contributed by atoms with E-state index in [0.717, 1.165) is 68.5 Å². The molecule has 5 rings (SSSR count). The molecular formula is C24H29FN6O2. The zero-order valence-corrected chi connectivity index (χ0v) is 18.8. The summed E-state index contributed by atoms with van der Waals surface area (Å²) in [6, 6.07) is 14.6. The fourth-order valence-corrected chi connectivity index (χ4v) is 4.80. The van der Waals surface area contributed by atoms with Gasteiger partial charge in [0, 0.05) is 32.8 Å². The van der Waals surface area contributed by atoms with Crippen molar-refractivity contribution in [2.75, 3.05) is 44.8 Å². The molecule has 0 bridgehead atoms. The number of aromatic nitrogens is 4. The molecule has 2 aliphatic heterocycles. The van der Waals surface area contributed by atoms with Gasteiger partial charge in [0.15, 0.2) is 5.82 Å². The van der Waals surface area contributed by atoms with E-state index in [-0.39, 0.29) is 18.0 Å². The van der Waals surface area contributed by atoms with E-state index in [1.807, 2.05) is 35.0 Å². The molecule has 3 aromatic rings. The van der Waals surface area contributed by atoms with Gasteiger partial charge in [0.25, 0.3) is 0 Å². The third kappa shape index (κ3) is 4.69. The molecule has 0 spiro atoms. The number of ether oxygens (including phenoxy) is 2. The lowest BCUT2D eigenvalue weighted by Gasteiger charge is -2.40. The van der Waals surface area contributed by atoms with E-state index in [0.29, 0.717) is 6.54 Å². The molecule has 1 aromatic heterocycles. The van der Waals surface area contributed by atoms with Crippen LogP contribution >= 0.6 is 0 Å². The molecule has 2 fully saturated rings. The topological polar surface area (TPSA) is 68.5 Å². The Morgan fingerprint density at radius 1 is 1.09 bits per heavy atom. The smallest absolute Gasteiger partial charge is 0.173 e. The molecule has 0 amide bonds. The highest BCUT2D eigenvalue weighted by Crippen LogP contribution is 2.32. The van der Waals surface area contributed by atoms with Crippen LogP contribution in [0.2, 0.25) is 0 Å². The van der Waals surface area contributed by atoms with Crippen LogP contribution in [0.4, 0.5) is 10.1 Å². The highest BCUT2D eigenvalue weighted by Gasteiger charge is 2.32. The van der Waals surface area contributed by atoms with Gasteiger partial charge >= 0.3 is 0 Å². The summed E-state index contributed by atoms with van der Waals surface area (Å²) in [5.41, 5.74) is 2.08. The standard InChI is InChI=1S/C24H29FN6O2/c1-32-22-7-3-2-6-21(22)29-12-14-30(15-13-29)23(18-8-10-19(25)11-9-18)24-26-27-28-31(24)17-20-5-4-16-33-20/h2-3,6-11,20,23H,4-5,12-17H2,1H3/t20-,23-/m0/s1. The van der Waals surface area contributed by atoms with Crippen LogP contribution in [0.3, 0.4) is 0 Å². The second kappa shape index (κ2) is 9.84. The Labute approximate surface area is 192 Å². The summed E-state index contributed by atoms with van der Waals surface area (Å²) >= 11 is 0. The van der Waals surface area contributed by atoms with E-state index < -0.39 is 0 Å². The van der Waals surface area contributed by atoms with Crippen LogP contribution in [0.1, 0.15) is 30.3 Å². The van der Waals surface area contributed by atoms with Crippen molar-refractivity contribution in [3.05, 3.63) is 65.7 Å². The number of rotatable bonds is 7. The lowest BCUT2D eigenvalue weighted by molar-refractivity contribution is 0.0906. The van der Waals surface area contributed by atoms with E-state index in [1.54, 1.807) is 7.11 Å². The minimum Gasteiger partial charge on any atom is -0.495 e. The van der Waals surface area contributed by atoms with E-state index in [1.165, 1.54) is 12.1 Å². The highest BCUT2D eigenvalue weighted by atomic mass is 19.1. The SMILES string of the molecule is COc1ccccc1N1CCN([C@@H](c2ccc(F)cc2)c2nnnn2C[C@@H]2CCCO2)CC1. The fourth-order valence-electron chi connectivity index (χ4n) is 4.80. The van der Waals surface area contributed by atoms with Gasteiger partial charge in [0.2, 0.25) is 0 Å². The summed E-state index contributed by atoms with van der Waals surface area (Å²) in [6.45, 7) is 4.71. The summed E-state index contributed by atoms with van der Waals surface area (Å²) in [7, 11) is 1.70. The maximum Gasteiger partial charge on any atom is 0.173 e. The van der Waals surface area contributed by atoms with Gasteiger partial charge in [-0.25, -0.2) is 9.07 Å². The first-order valence-corrected chi connectivity index (χ1v) is 11.5. The summed E-state index contributed by atoms with van der Waals surface area (Å²) in [5, 5.41) is 12.7. The molecule has 0 aliphatic carbocycles. The highest BCUT2D eigenvalue weighted by molar-refractivity contribution is 5.58. The van der Waals surface area contributed by atoms with Crippen molar-refractivity contribution in [1.82, 2.24) is 25.1 Å². The number of hydrogen-bond donors (Lipinski definition) is 0. The molecule has 0 saturated carbocycles. The number of hydrogen-bond acceptors (Lipinski definition) is 7. The van der Waals surface area contributed by atoms with Crippen molar-refractivity contribution < 1.29 is 13.9 Å². The number of nitrogens with zero attached hydrogens (tertiary/aromatic N) is 6. The third-order valence-electron chi connectivity index (χ3n) is 6.50. The second-order valence-corrected chi connectivity index (χ2v) is 8.50. The third-order valence-corrected chi connectivity index (χ3v) is 6.50. The second-order valence-electron chi connectivity index (χ2n) is 8.50. The number of piperazine rings is 1. The Kier molecular flexibility index (Phi) is 6.50. The molecule has 9 heteroatoms. The van der Waals surface area contributed by atoms with Crippen LogP contribution in [-0.4, -0.2) is 71.1 Å². The average Bonchev–Trinajstić information content (AvgIpc) is 3.54. The molecule has 33 heavy (non-hydrogen) atoms. The molecule has 174 valence electrons. The van der Waals surface area contributed by atoms with Gasteiger partial charge in [-0.15, -0.1) is 5.10 Å². The van der Waals surface area contributed by atoms with E-state index in [4.69, 9.17) is 9.47 Å². The Morgan fingerprint density at radius 2 is 1.88 bits per heavy atom. The Bertz CT molecular complexity index is 1050. The van der Waals surface area contributed by atoms with Gasteiger partial charge in [0.1, 0.15) is 11.6 Å². The number of methoxy groups -OCH3 is 1. The Balaban J connectivity index is 1.40. The molecule has 2 saturated heterocycles. The first-order chi connectivity index (χ1) is 16.2. The van der Waals surface area contributed by atoms with Crippen molar-refractivity contribution in [3.63, 3.8) is 0 Å². The van der Waals surface area contributed by atoms with Gasteiger partial charge in [-0.2, -0.15) is 0 Å². The largest absolute Gasteiger partial charge is 0.495 e. The predicted molar refractivity (Wildman–Crippen MR) is 122 cm³/mol. The van der Waals surface area contributed by atoms with Gasteiger partial charge in [-0.05, 0) is 53.1 Å². The number of benzene rings is 2. The molecule has 8 nitrogen and oxygen atoms in total. The summed E-state index contributed by atoms with van der Waals surface area (Å²) in [5.74, 6) is 1.39. The predicted octanol–water partition coefficient (Wildman–Crippen LogP) is 2.91. The molecule has 2 aromatic carbocycles. The minimum atomic E-state index is -0.252. The van der Waals surface area contributed by atoms with Crippen molar-refractivity contribution in [2.24, 2.45) is 0 Å². The van der Waals surface area contributed by atoms with Crippen LogP contribution in [0.15, 0.2) is 48.5 Å². The van der Waals surface area contributed by atoms with E-state index >= 15 is 0 Å². The molecule has 0 unspecified atom stereocenters. The summed E-state index contributed by atoms with van der Waals surface area (Å²) in [4.78, 5) is 4.71. The lowest BCUT2D eigenvalue weighted by Crippen LogP contribution is -2.48. The zero-order chi connectivity index (χ0) is 22.6. The van der Waals surface area contributed by atoms with Gasteiger partial charge in [0.05, 0.1) is 31.5 Å². The molecule has 2 aliphatic rings. The zero-order valence-electron chi connectivity index (χ0n) is 18.8. The van der Waals surface area contributed by atoms with Crippen molar-refractivity contribution in [1.29, 1.82) is 0 Å². The fraction of sp³-hybridized carbons (Fsp3) is 0.458. The maximum atomic E-state index is 13.7. The van der Waals surface area contributed by atoms with Crippen molar-refractivity contribution in [3.8, 4) is 5.75 Å². The number of tetrazole rings is 1. The molecule has 3 heterocycles. The Morgan fingerprint density at radius 3 is 2.61 bits per heavy atom. The van der Waals surface area contributed by atoms with Crippen LogP contribution in [0.25, 0.3) is 0 Å². The summed E-state index contributed by atoms with van der Waals surface area (Å²) < 4.78 is 26.9. The molecule has 0 radical (unpaired) electrons. The van der Waals surface area contributed by atoms with Gasteiger partial charge < -0.3 is 14.4 Å². The minimum absolute atomic E-state index is 0.128. The van der Waals surface area contributed by atoms with Crippen LogP contribution < -0.4 is 9.64 Å². The average molecular weight is 453 g/mol. The van der Waals surface area contributed by atoms with Gasteiger partial charge in [-0.1, -0.05) is 24.3 Å². The van der Waals surface area contributed by atoms with Crippen LogP contribution in [-0.2, 0) is 11.3 Å². The van der Waals surface area contributed by atoms with Crippen molar-refractivity contribution >= 4 is 5.69 Å². The van der Waals surface area contributed by atoms with E-state index in [9.17, 15) is 4.39 Å².